The van der Waals surface area contributed by atoms with Gasteiger partial charge in [0.1, 0.15) is 5.82 Å². The van der Waals surface area contributed by atoms with Gasteiger partial charge in [0.15, 0.2) is 0 Å². The Balaban J connectivity index is 2.23. The Kier molecular flexibility index (Phi) is 3.86. The Morgan fingerprint density at radius 2 is 1.89 bits per heavy atom. The molecule has 0 aliphatic rings. The van der Waals surface area contributed by atoms with Gasteiger partial charge < -0.3 is 5.32 Å². The monoisotopic (exact) mass is 277 g/mol. The quantitative estimate of drug-likeness (QED) is 0.869. The highest BCUT2D eigenvalue weighted by Crippen LogP contribution is 2.23. The molecule has 0 bridgehead atoms. The highest BCUT2D eigenvalue weighted by Gasteiger charge is 2.10. The third-order valence-electron chi connectivity index (χ3n) is 2.81. The van der Waals surface area contributed by atoms with Crippen molar-refractivity contribution in [2.24, 2.45) is 0 Å². The molecule has 1 amide bonds. The van der Waals surface area contributed by atoms with Crippen LogP contribution in [0.2, 0.25) is 5.02 Å². The molecule has 0 unspecified atom stereocenters. The third-order valence-corrected chi connectivity index (χ3v) is 3.12. The van der Waals surface area contributed by atoms with Gasteiger partial charge in [0, 0.05) is 5.56 Å². The second-order valence-electron chi connectivity index (χ2n) is 4.40. The lowest BCUT2D eigenvalue weighted by Gasteiger charge is -2.08. The lowest BCUT2D eigenvalue weighted by atomic mass is 10.1. The number of hydrogen-bond acceptors (Lipinski definition) is 1. The number of amides is 1. The van der Waals surface area contributed by atoms with Crippen molar-refractivity contribution in [3.05, 3.63) is 63.9 Å². The van der Waals surface area contributed by atoms with Crippen LogP contribution < -0.4 is 5.32 Å². The van der Waals surface area contributed by atoms with Gasteiger partial charge in [-0.25, -0.2) is 4.39 Å². The molecule has 0 fully saturated rings. The molecule has 2 nitrogen and oxygen atoms in total. The number of carbonyl (C=O) groups excluding carboxylic acids is 1. The van der Waals surface area contributed by atoms with Crippen LogP contribution in [-0.4, -0.2) is 5.91 Å². The van der Waals surface area contributed by atoms with Crippen LogP contribution in [0.15, 0.2) is 36.4 Å². The average Bonchev–Trinajstić information content (AvgIpc) is 2.36. The van der Waals surface area contributed by atoms with Crippen LogP contribution in [0, 0.1) is 19.7 Å². The summed E-state index contributed by atoms with van der Waals surface area (Å²) in [6.07, 6.45) is 0. The molecule has 1 N–H and O–H groups in total. The molecule has 0 heterocycles. The third kappa shape index (κ3) is 3.12. The summed E-state index contributed by atoms with van der Waals surface area (Å²) in [5.41, 5.74) is 2.28. The van der Waals surface area contributed by atoms with Gasteiger partial charge in [-0.05, 0) is 49.2 Å². The first-order valence-electron chi connectivity index (χ1n) is 5.81. The Morgan fingerprint density at radius 3 is 2.53 bits per heavy atom. The first kappa shape index (κ1) is 13.6. The molecule has 2 aromatic rings. The summed E-state index contributed by atoms with van der Waals surface area (Å²) in [6, 6.07) is 9.69. The minimum absolute atomic E-state index is 0.264. The predicted octanol–water partition coefficient (Wildman–Crippen LogP) is 4.35. The average molecular weight is 278 g/mol. The standard InChI is InChI=1S/C15H13ClFNO/c1-9-3-6-14(12(16)7-9)18-15(19)11-5-4-10(2)13(17)8-11/h3-8H,1-2H3,(H,18,19). The molecule has 0 saturated heterocycles. The topological polar surface area (TPSA) is 29.1 Å². The van der Waals surface area contributed by atoms with Gasteiger partial charge in [0.25, 0.3) is 5.91 Å². The maximum atomic E-state index is 13.4. The number of anilines is 1. The SMILES string of the molecule is Cc1ccc(NC(=O)c2ccc(C)c(F)c2)c(Cl)c1. The largest absolute Gasteiger partial charge is 0.321 e. The summed E-state index contributed by atoms with van der Waals surface area (Å²) in [6.45, 7) is 3.56. The van der Waals surface area contributed by atoms with E-state index in [0.29, 0.717) is 16.3 Å². The fraction of sp³-hybridized carbons (Fsp3) is 0.133. The van der Waals surface area contributed by atoms with E-state index in [1.807, 2.05) is 13.0 Å². The van der Waals surface area contributed by atoms with E-state index in [-0.39, 0.29) is 11.5 Å². The predicted molar refractivity (Wildman–Crippen MR) is 75.3 cm³/mol. The molecule has 0 atom stereocenters. The Labute approximate surface area is 116 Å². The first-order valence-corrected chi connectivity index (χ1v) is 6.19. The molecule has 2 rings (SSSR count). The fourth-order valence-electron chi connectivity index (χ4n) is 1.65. The molecule has 2 aromatic carbocycles. The van der Waals surface area contributed by atoms with Crippen molar-refractivity contribution in [3.8, 4) is 0 Å². The molecule has 0 spiro atoms. The molecule has 4 heteroatoms. The summed E-state index contributed by atoms with van der Waals surface area (Å²) in [5.74, 6) is -0.785. The molecular formula is C15H13ClFNO. The van der Waals surface area contributed by atoms with Crippen molar-refractivity contribution < 1.29 is 9.18 Å². The maximum absolute atomic E-state index is 13.4. The summed E-state index contributed by atoms with van der Waals surface area (Å²) in [7, 11) is 0. The van der Waals surface area contributed by atoms with Gasteiger partial charge in [-0.15, -0.1) is 0 Å². The molecule has 0 aromatic heterocycles. The van der Waals surface area contributed by atoms with E-state index < -0.39 is 5.82 Å². The van der Waals surface area contributed by atoms with E-state index in [0.717, 1.165) is 5.56 Å². The van der Waals surface area contributed by atoms with Gasteiger partial charge in [0.2, 0.25) is 0 Å². The van der Waals surface area contributed by atoms with Crippen LogP contribution in [0.4, 0.5) is 10.1 Å². The van der Waals surface area contributed by atoms with Crippen LogP contribution in [0.25, 0.3) is 0 Å². The second kappa shape index (κ2) is 5.41. The fourth-order valence-corrected chi connectivity index (χ4v) is 1.93. The summed E-state index contributed by atoms with van der Waals surface area (Å²) < 4.78 is 13.4. The van der Waals surface area contributed by atoms with Gasteiger partial charge in [-0.3, -0.25) is 4.79 Å². The lowest BCUT2D eigenvalue weighted by Crippen LogP contribution is -2.12. The smallest absolute Gasteiger partial charge is 0.255 e. The zero-order chi connectivity index (χ0) is 14.0. The molecule has 0 aliphatic carbocycles. The van der Waals surface area contributed by atoms with E-state index in [1.165, 1.54) is 6.07 Å². The van der Waals surface area contributed by atoms with Gasteiger partial charge >= 0.3 is 0 Å². The zero-order valence-electron chi connectivity index (χ0n) is 10.6. The Morgan fingerprint density at radius 1 is 1.16 bits per heavy atom. The number of benzene rings is 2. The summed E-state index contributed by atoms with van der Waals surface area (Å²) in [4.78, 5) is 12.0. The molecule has 0 saturated carbocycles. The van der Waals surface area contributed by atoms with E-state index in [9.17, 15) is 9.18 Å². The number of halogens is 2. The first-order chi connectivity index (χ1) is 8.97. The second-order valence-corrected chi connectivity index (χ2v) is 4.81. The minimum Gasteiger partial charge on any atom is -0.321 e. The van der Waals surface area contributed by atoms with Crippen molar-refractivity contribution in [1.82, 2.24) is 0 Å². The molecule has 0 radical (unpaired) electrons. The molecule has 0 aliphatic heterocycles. The van der Waals surface area contributed by atoms with Crippen molar-refractivity contribution in [2.45, 2.75) is 13.8 Å². The van der Waals surface area contributed by atoms with E-state index in [4.69, 9.17) is 11.6 Å². The number of aryl methyl sites for hydroxylation is 2. The normalized spacial score (nSPS) is 10.3. The number of rotatable bonds is 2. The van der Waals surface area contributed by atoms with Crippen molar-refractivity contribution in [2.75, 3.05) is 5.32 Å². The van der Waals surface area contributed by atoms with Crippen LogP contribution >= 0.6 is 11.6 Å². The zero-order valence-corrected chi connectivity index (χ0v) is 11.4. The number of nitrogens with one attached hydrogen (secondary N) is 1. The van der Waals surface area contributed by atoms with E-state index in [2.05, 4.69) is 5.32 Å². The van der Waals surface area contributed by atoms with Crippen LogP contribution in [0.3, 0.4) is 0 Å². The van der Waals surface area contributed by atoms with Crippen molar-refractivity contribution in [3.63, 3.8) is 0 Å². The van der Waals surface area contributed by atoms with E-state index >= 15 is 0 Å². The van der Waals surface area contributed by atoms with Gasteiger partial charge in [-0.1, -0.05) is 23.7 Å². The number of hydrogen-bond donors (Lipinski definition) is 1. The highest BCUT2D eigenvalue weighted by atomic mass is 35.5. The molecule has 98 valence electrons. The lowest BCUT2D eigenvalue weighted by molar-refractivity contribution is 0.102. The van der Waals surface area contributed by atoms with E-state index in [1.54, 1.807) is 31.2 Å². The molecule has 19 heavy (non-hydrogen) atoms. The molecular weight excluding hydrogens is 265 g/mol. The maximum Gasteiger partial charge on any atom is 0.255 e. The van der Waals surface area contributed by atoms with Gasteiger partial charge in [0.05, 0.1) is 10.7 Å². The number of carbonyl (C=O) groups is 1. The Hall–Kier alpha value is -1.87. The van der Waals surface area contributed by atoms with Crippen molar-refractivity contribution in [1.29, 1.82) is 0 Å². The van der Waals surface area contributed by atoms with Gasteiger partial charge in [-0.2, -0.15) is 0 Å². The Bertz CT molecular complexity index is 640. The summed E-state index contributed by atoms with van der Waals surface area (Å²) >= 11 is 6.03. The van der Waals surface area contributed by atoms with Crippen LogP contribution in [0.5, 0.6) is 0 Å². The minimum atomic E-state index is -0.400. The van der Waals surface area contributed by atoms with Crippen molar-refractivity contribution >= 4 is 23.2 Å². The summed E-state index contributed by atoms with van der Waals surface area (Å²) in [5, 5.41) is 3.12. The van der Waals surface area contributed by atoms with Crippen LogP contribution in [-0.2, 0) is 0 Å². The van der Waals surface area contributed by atoms with Crippen LogP contribution in [0.1, 0.15) is 21.5 Å². The highest BCUT2D eigenvalue weighted by molar-refractivity contribution is 6.34.